The summed E-state index contributed by atoms with van der Waals surface area (Å²) >= 11 is 9.08. The molecular formula is C18H17BrClN3O3. The number of carbonyl (C=O) groups excluding carboxylic acids is 2. The highest BCUT2D eigenvalue weighted by molar-refractivity contribution is 9.10. The molecule has 136 valence electrons. The van der Waals surface area contributed by atoms with E-state index >= 15 is 0 Å². The maximum absolute atomic E-state index is 12.3. The Labute approximate surface area is 164 Å². The van der Waals surface area contributed by atoms with E-state index in [9.17, 15) is 9.59 Å². The molecule has 2 heterocycles. The number of Topliss-reactive ketones (excluding diaryl/α,β-unsaturated/α-hetero) is 1. The Balaban J connectivity index is 1.46. The van der Waals surface area contributed by atoms with Gasteiger partial charge in [-0.1, -0.05) is 11.6 Å². The van der Waals surface area contributed by atoms with Crippen LogP contribution in [0.2, 0.25) is 5.02 Å². The lowest BCUT2D eigenvalue weighted by Gasteiger charge is -2.16. The summed E-state index contributed by atoms with van der Waals surface area (Å²) in [6.45, 7) is 1.09. The number of aromatic nitrogens is 2. The molecule has 1 unspecified atom stereocenters. The Bertz CT molecular complexity index is 783. The summed E-state index contributed by atoms with van der Waals surface area (Å²) in [4.78, 5) is 34.4. The first kappa shape index (κ1) is 18.8. The molecule has 0 bridgehead atoms. The van der Waals surface area contributed by atoms with E-state index in [0.717, 1.165) is 10.9 Å². The largest absolute Gasteiger partial charge is 0.458 e. The monoisotopic (exact) mass is 437 g/mol. The second kappa shape index (κ2) is 8.60. The molecule has 0 radical (unpaired) electrons. The first-order chi connectivity index (χ1) is 12.5. The molecule has 1 aromatic carbocycles. The van der Waals surface area contributed by atoms with Crippen LogP contribution in [0.25, 0.3) is 0 Å². The van der Waals surface area contributed by atoms with E-state index < -0.39 is 0 Å². The summed E-state index contributed by atoms with van der Waals surface area (Å²) < 4.78 is 6.48. The average Bonchev–Trinajstić information content (AvgIpc) is 3.10. The normalized spacial score (nSPS) is 16.5. The van der Waals surface area contributed by atoms with Gasteiger partial charge >= 0.3 is 6.01 Å². The molecule has 1 aliphatic heterocycles. The summed E-state index contributed by atoms with van der Waals surface area (Å²) in [5.41, 5.74) is 0.567. The second-order valence-corrected chi connectivity index (χ2v) is 7.33. The molecule has 1 aliphatic rings. The standard InChI is InChI=1S/C18H17BrClN3O3/c19-13-9-21-18(22-10-13)26-15-7-8-23(11-15)17(25)6-5-16(24)12-1-3-14(20)4-2-12/h1-4,9-10,15H,5-8,11H2. The number of hydrogen-bond donors (Lipinski definition) is 0. The average molecular weight is 439 g/mol. The Hall–Kier alpha value is -1.99. The third kappa shape index (κ3) is 5.02. The van der Waals surface area contributed by atoms with Crippen LogP contribution in [0, 0.1) is 0 Å². The molecule has 2 aromatic rings. The number of benzene rings is 1. The van der Waals surface area contributed by atoms with E-state index in [-0.39, 0.29) is 30.6 Å². The van der Waals surface area contributed by atoms with Crippen molar-refractivity contribution in [2.24, 2.45) is 0 Å². The Kier molecular flexibility index (Phi) is 6.21. The van der Waals surface area contributed by atoms with Crippen molar-refractivity contribution in [1.82, 2.24) is 14.9 Å². The molecule has 3 rings (SSSR count). The summed E-state index contributed by atoms with van der Waals surface area (Å²) in [5.74, 6) is -0.111. The Morgan fingerprint density at radius 2 is 1.88 bits per heavy atom. The van der Waals surface area contributed by atoms with Gasteiger partial charge in [-0.25, -0.2) is 9.97 Å². The maximum atomic E-state index is 12.3. The van der Waals surface area contributed by atoms with Crippen molar-refractivity contribution < 1.29 is 14.3 Å². The Morgan fingerprint density at radius 3 is 2.58 bits per heavy atom. The predicted octanol–water partition coefficient (Wildman–Crippen LogP) is 3.54. The van der Waals surface area contributed by atoms with Crippen molar-refractivity contribution in [2.45, 2.75) is 25.4 Å². The van der Waals surface area contributed by atoms with Crippen LogP contribution in [0.4, 0.5) is 0 Å². The van der Waals surface area contributed by atoms with Crippen LogP contribution in [0.5, 0.6) is 6.01 Å². The fourth-order valence-corrected chi connectivity index (χ4v) is 3.05. The first-order valence-electron chi connectivity index (χ1n) is 8.22. The zero-order chi connectivity index (χ0) is 18.5. The minimum atomic E-state index is -0.132. The molecule has 6 nitrogen and oxygen atoms in total. The number of rotatable bonds is 6. The molecule has 1 saturated heterocycles. The maximum Gasteiger partial charge on any atom is 0.316 e. The number of amides is 1. The number of nitrogens with zero attached hydrogens (tertiary/aromatic N) is 3. The summed E-state index contributed by atoms with van der Waals surface area (Å²) in [7, 11) is 0. The van der Waals surface area contributed by atoms with Gasteiger partial charge in [0.1, 0.15) is 6.10 Å². The fourth-order valence-electron chi connectivity index (χ4n) is 2.72. The highest BCUT2D eigenvalue weighted by Gasteiger charge is 2.28. The highest BCUT2D eigenvalue weighted by atomic mass is 79.9. The lowest BCUT2D eigenvalue weighted by molar-refractivity contribution is -0.130. The molecule has 1 fully saturated rings. The fraction of sp³-hybridized carbons (Fsp3) is 0.333. The number of likely N-dealkylation sites (tertiary alicyclic amines) is 1. The van der Waals surface area contributed by atoms with Gasteiger partial charge in [-0.05, 0) is 40.2 Å². The molecule has 0 saturated carbocycles. The molecular weight excluding hydrogens is 422 g/mol. The van der Waals surface area contributed by atoms with Crippen LogP contribution in [-0.4, -0.2) is 45.8 Å². The Morgan fingerprint density at radius 1 is 1.19 bits per heavy atom. The topological polar surface area (TPSA) is 72.4 Å². The van der Waals surface area contributed by atoms with Crippen LogP contribution < -0.4 is 4.74 Å². The van der Waals surface area contributed by atoms with Gasteiger partial charge < -0.3 is 9.64 Å². The van der Waals surface area contributed by atoms with Gasteiger partial charge in [0.25, 0.3) is 0 Å². The molecule has 1 atom stereocenters. The summed E-state index contributed by atoms with van der Waals surface area (Å²) in [6.07, 6.45) is 4.18. The van der Waals surface area contributed by atoms with Crippen LogP contribution in [0.15, 0.2) is 41.1 Å². The van der Waals surface area contributed by atoms with E-state index in [0.29, 0.717) is 29.7 Å². The van der Waals surface area contributed by atoms with E-state index in [4.69, 9.17) is 16.3 Å². The molecule has 0 aliphatic carbocycles. The molecule has 26 heavy (non-hydrogen) atoms. The zero-order valence-electron chi connectivity index (χ0n) is 13.9. The summed E-state index contributed by atoms with van der Waals surface area (Å²) in [5, 5.41) is 0.579. The lowest BCUT2D eigenvalue weighted by Crippen LogP contribution is -2.31. The summed E-state index contributed by atoms with van der Waals surface area (Å²) in [6, 6.07) is 6.98. The van der Waals surface area contributed by atoms with Crippen molar-refractivity contribution >= 4 is 39.2 Å². The number of ether oxygens (including phenoxy) is 1. The third-order valence-corrected chi connectivity index (χ3v) is 4.76. The van der Waals surface area contributed by atoms with Gasteiger partial charge in [-0.15, -0.1) is 0 Å². The van der Waals surface area contributed by atoms with Crippen molar-refractivity contribution in [1.29, 1.82) is 0 Å². The quantitative estimate of drug-likeness (QED) is 0.645. The van der Waals surface area contributed by atoms with Gasteiger partial charge in [0.15, 0.2) is 5.78 Å². The van der Waals surface area contributed by atoms with Gasteiger partial charge in [0, 0.05) is 48.8 Å². The van der Waals surface area contributed by atoms with Gasteiger partial charge in [0.05, 0.1) is 11.0 Å². The SMILES string of the molecule is O=C(CCC(=O)N1CCC(Oc2ncc(Br)cn2)C1)c1ccc(Cl)cc1. The van der Waals surface area contributed by atoms with Crippen molar-refractivity contribution in [2.75, 3.05) is 13.1 Å². The number of hydrogen-bond acceptors (Lipinski definition) is 5. The van der Waals surface area contributed by atoms with Crippen molar-refractivity contribution in [3.63, 3.8) is 0 Å². The number of ketones is 1. The highest BCUT2D eigenvalue weighted by Crippen LogP contribution is 2.18. The van der Waals surface area contributed by atoms with Crippen molar-refractivity contribution in [3.8, 4) is 6.01 Å². The molecule has 1 amide bonds. The van der Waals surface area contributed by atoms with E-state index in [1.54, 1.807) is 41.6 Å². The second-order valence-electron chi connectivity index (χ2n) is 5.98. The van der Waals surface area contributed by atoms with Gasteiger partial charge in [0.2, 0.25) is 5.91 Å². The predicted molar refractivity (Wildman–Crippen MR) is 100 cm³/mol. The molecule has 1 aromatic heterocycles. The van der Waals surface area contributed by atoms with Gasteiger partial charge in [-0.2, -0.15) is 0 Å². The van der Waals surface area contributed by atoms with E-state index in [1.165, 1.54) is 0 Å². The lowest BCUT2D eigenvalue weighted by atomic mass is 10.1. The third-order valence-electron chi connectivity index (χ3n) is 4.10. The van der Waals surface area contributed by atoms with Crippen LogP contribution in [-0.2, 0) is 4.79 Å². The van der Waals surface area contributed by atoms with Crippen molar-refractivity contribution in [3.05, 3.63) is 51.7 Å². The first-order valence-corrected chi connectivity index (χ1v) is 9.39. The molecule has 0 spiro atoms. The molecule has 8 heteroatoms. The number of halogens is 2. The van der Waals surface area contributed by atoms with E-state index in [2.05, 4.69) is 25.9 Å². The minimum absolute atomic E-state index is 0.0462. The molecule has 0 N–H and O–H groups in total. The van der Waals surface area contributed by atoms with Crippen LogP contribution >= 0.6 is 27.5 Å². The van der Waals surface area contributed by atoms with Crippen LogP contribution in [0.3, 0.4) is 0 Å². The van der Waals surface area contributed by atoms with Gasteiger partial charge in [-0.3, -0.25) is 9.59 Å². The van der Waals surface area contributed by atoms with E-state index in [1.807, 2.05) is 0 Å². The van der Waals surface area contributed by atoms with Crippen LogP contribution in [0.1, 0.15) is 29.6 Å². The zero-order valence-corrected chi connectivity index (χ0v) is 16.2. The minimum Gasteiger partial charge on any atom is -0.458 e. The number of carbonyl (C=O) groups is 2. The smallest absolute Gasteiger partial charge is 0.316 e.